The van der Waals surface area contributed by atoms with Crippen LogP contribution in [0.25, 0.3) is 0 Å². The van der Waals surface area contributed by atoms with Crippen LogP contribution < -0.4 is 15.0 Å². The molecule has 0 atom stereocenters. The lowest BCUT2D eigenvalue weighted by Gasteiger charge is -2.31. The number of halogens is 2. The molecule has 0 radical (unpaired) electrons. The third kappa shape index (κ3) is 7.71. The Kier molecular flexibility index (Phi) is 9.01. The highest BCUT2D eigenvalue weighted by molar-refractivity contribution is 5.96. The molecule has 2 aromatic rings. The second-order valence-corrected chi connectivity index (χ2v) is 9.75. The number of ether oxygens (including phenoxy) is 1. The van der Waals surface area contributed by atoms with Gasteiger partial charge in [0.15, 0.2) is 5.60 Å². The van der Waals surface area contributed by atoms with Crippen LogP contribution in [-0.4, -0.2) is 35.7 Å². The van der Waals surface area contributed by atoms with E-state index in [4.69, 9.17) is 4.74 Å². The van der Waals surface area contributed by atoms with E-state index in [0.29, 0.717) is 17.5 Å². The van der Waals surface area contributed by atoms with Crippen LogP contribution in [0.3, 0.4) is 0 Å². The molecule has 186 valence electrons. The first-order valence-corrected chi connectivity index (χ1v) is 11.3. The first-order chi connectivity index (χ1) is 15.8. The van der Waals surface area contributed by atoms with Gasteiger partial charge in [0.25, 0.3) is 0 Å². The number of anilines is 2. The van der Waals surface area contributed by atoms with Gasteiger partial charge in [-0.15, -0.1) is 0 Å². The molecule has 0 aromatic heterocycles. The van der Waals surface area contributed by atoms with Gasteiger partial charge in [-0.2, -0.15) is 0 Å². The van der Waals surface area contributed by atoms with E-state index in [2.05, 4.69) is 37.9 Å². The number of carboxylic acids is 1. The average Bonchev–Trinajstić information content (AvgIpc) is 2.68. The van der Waals surface area contributed by atoms with Crippen molar-refractivity contribution < 1.29 is 28.2 Å². The van der Waals surface area contributed by atoms with Crippen LogP contribution in [-0.2, 0) is 16.0 Å². The summed E-state index contributed by atoms with van der Waals surface area (Å²) in [4.78, 5) is 26.5. The zero-order valence-corrected chi connectivity index (χ0v) is 20.6. The van der Waals surface area contributed by atoms with Crippen molar-refractivity contribution in [3.8, 4) is 5.75 Å². The van der Waals surface area contributed by atoms with Crippen molar-refractivity contribution in [2.45, 2.75) is 53.6 Å². The van der Waals surface area contributed by atoms with Crippen LogP contribution in [0, 0.1) is 23.5 Å². The number of carbonyl (C=O) groups excluding carboxylic acids is 1. The fourth-order valence-corrected chi connectivity index (χ4v) is 3.48. The SMILES string of the molecule is CC(C)CN(CC(C)C)c1ccc(OC(C)(C)C(=O)O)cc1NC(=O)Cc1ccc(F)cc1F. The van der Waals surface area contributed by atoms with Crippen LogP contribution in [0.2, 0.25) is 0 Å². The lowest BCUT2D eigenvalue weighted by atomic mass is 10.1. The molecule has 1 amide bonds. The van der Waals surface area contributed by atoms with Crippen LogP contribution in [0.1, 0.15) is 47.1 Å². The van der Waals surface area contributed by atoms with Crippen molar-refractivity contribution in [1.29, 1.82) is 0 Å². The Hall–Kier alpha value is -3.16. The summed E-state index contributed by atoms with van der Waals surface area (Å²) in [6.07, 6.45) is -0.286. The van der Waals surface area contributed by atoms with Crippen molar-refractivity contribution in [3.63, 3.8) is 0 Å². The molecule has 0 spiro atoms. The van der Waals surface area contributed by atoms with Crippen LogP contribution in [0.15, 0.2) is 36.4 Å². The number of rotatable bonds is 11. The smallest absolute Gasteiger partial charge is 0.347 e. The van der Waals surface area contributed by atoms with Gasteiger partial charge in [0, 0.05) is 25.2 Å². The fraction of sp³-hybridized carbons (Fsp3) is 0.462. The number of amides is 1. The first-order valence-electron chi connectivity index (χ1n) is 11.3. The number of carboxylic acid groups (broad SMARTS) is 1. The van der Waals surface area contributed by atoms with Gasteiger partial charge in [-0.3, -0.25) is 4.79 Å². The number of aliphatic carboxylic acids is 1. The molecule has 34 heavy (non-hydrogen) atoms. The Balaban J connectivity index is 2.42. The van der Waals surface area contributed by atoms with E-state index in [9.17, 15) is 23.5 Å². The normalized spacial score (nSPS) is 11.6. The molecule has 0 bridgehead atoms. The molecule has 0 fully saturated rings. The maximum atomic E-state index is 14.1. The molecule has 6 nitrogen and oxygen atoms in total. The molecule has 2 aromatic carbocycles. The molecular formula is C26H34F2N2O4. The maximum absolute atomic E-state index is 14.1. The van der Waals surface area contributed by atoms with Crippen LogP contribution in [0.4, 0.5) is 20.2 Å². The summed E-state index contributed by atoms with van der Waals surface area (Å²) in [5.74, 6) is -2.17. The minimum atomic E-state index is -1.48. The topological polar surface area (TPSA) is 78.9 Å². The quantitative estimate of drug-likeness (QED) is 0.447. The number of hydrogen-bond acceptors (Lipinski definition) is 4. The molecular weight excluding hydrogens is 442 g/mol. The summed E-state index contributed by atoms with van der Waals surface area (Å²) in [6, 6.07) is 8.11. The lowest BCUT2D eigenvalue weighted by Crippen LogP contribution is -2.38. The Morgan fingerprint density at radius 3 is 2.18 bits per heavy atom. The minimum absolute atomic E-state index is 0.0704. The van der Waals surface area contributed by atoms with Crippen molar-refractivity contribution >= 4 is 23.3 Å². The summed E-state index contributed by atoms with van der Waals surface area (Å²) >= 11 is 0. The molecule has 8 heteroatoms. The summed E-state index contributed by atoms with van der Waals surface area (Å²) in [7, 11) is 0. The third-order valence-corrected chi connectivity index (χ3v) is 5.01. The molecule has 2 rings (SSSR count). The predicted octanol–water partition coefficient (Wildman–Crippen LogP) is 5.51. The summed E-state index contributed by atoms with van der Waals surface area (Å²) in [5.41, 5.74) is -0.236. The number of nitrogens with one attached hydrogen (secondary N) is 1. The largest absolute Gasteiger partial charge is 0.478 e. The molecule has 2 N–H and O–H groups in total. The predicted molar refractivity (Wildman–Crippen MR) is 129 cm³/mol. The highest BCUT2D eigenvalue weighted by atomic mass is 19.1. The molecule has 0 saturated carbocycles. The van der Waals surface area contributed by atoms with Gasteiger partial charge < -0.3 is 20.1 Å². The molecule has 0 saturated heterocycles. The zero-order valence-electron chi connectivity index (χ0n) is 20.6. The summed E-state index contributed by atoms with van der Waals surface area (Å²) in [6.45, 7) is 12.7. The van der Waals surface area contributed by atoms with Gasteiger partial charge in [-0.05, 0) is 49.4 Å². The van der Waals surface area contributed by atoms with E-state index in [0.717, 1.165) is 30.9 Å². The Morgan fingerprint density at radius 2 is 1.65 bits per heavy atom. The second-order valence-electron chi connectivity index (χ2n) is 9.75. The van der Waals surface area contributed by atoms with E-state index >= 15 is 0 Å². The minimum Gasteiger partial charge on any atom is -0.478 e. The van der Waals surface area contributed by atoms with Gasteiger partial charge in [0.1, 0.15) is 17.4 Å². The standard InChI is InChI=1S/C26H34F2N2O4/c1-16(2)14-30(15-17(3)4)23-10-9-20(34-26(5,6)25(32)33)13-22(23)29-24(31)11-18-7-8-19(27)12-21(18)28/h7-10,12-13,16-17H,11,14-15H2,1-6H3,(H,29,31)(H,32,33). The van der Waals surface area contributed by atoms with Gasteiger partial charge in [-0.25, -0.2) is 13.6 Å². The van der Waals surface area contributed by atoms with E-state index in [-0.39, 0.29) is 17.7 Å². The average molecular weight is 477 g/mol. The number of nitrogens with zero attached hydrogens (tertiary/aromatic N) is 1. The molecule has 0 heterocycles. The third-order valence-electron chi connectivity index (χ3n) is 5.01. The molecule has 0 unspecified atom stereocenters. The molecule has 0 aliphatic carbocycles. The number of hydrogen-bond donors (Lipinski definition) is 2. The van der Waals surface area contributed by atoms with E-state index < -0.39 is 29.1 Å². The molecule has 0 aliphatic rings. The monoisotopic (exact) mass is 476 g/mol. The van der Waals surface area contributed by atoms with Crippen molar-refractivity contribution in [1.82, 2.24) is 0 Å². The zero-order chi connectivity index (χ0) is 25.6. The second kappa shape index (κ2) is 11.3. The van der Waals surface area contributed by atoms with Crippen molar-refractivity contribution in [3.05, 3.63) is 53.6 Å². The lowest BCUT2D eigenvalue weighted by molar-refractivity contribution is -0.152. The molecule has 0 aliphatic heterocycles. The number of benzene rings is 2. The van der Waals surface area contributed by atoms with Gasteiger partial charge in [0.2, 0.25) is 5.91 Å². The summed E-state index contributed by atoms with van der Waals surface area (Å²) in [5, 5.41) is 12.2. The van der Waals surface area contributed by atoms with Crippen molar-refractivity contribution in [2.24, 2.45) is 11.8 Å². The highest BCUT2D eigenvalue weighted by Crippen LogP contribution is 2.33. The van der Waals surface area contributed by atoms with E-state index in [1.165, 1.54) is 19.9 Å². The van der Waals surface area contributed by atoms with E-state index in [1.807, 2.05) is 0 Å². The van der Waals surface area contributed by atoms with Gasteiger partial charge in [-0.1, -0.05) is 33.8 Å². The van der Waals surface area contributed by atoms with Gasteiger partial charge in [0.05, 0.1) is 17.8 Å². The maximum Gasteiger partial charge on any atom is 0.347 e. The van der Waals surface area contributed by atoms with Crippen molar-refractivity contribution in [2.75, 3.05) is 23.3 Å². The number of carbonyl (C=O) groups is 2. The van der Waals surface area contributed by atoms with E-state index in [1.54, 1.807) is 18.2 Å². The fourth-order valence-electron chi connectivity index (χ4n) is 3.48. The first kappa shape index (κ1) is 27.1. The Labute approximate surface area is 199 Å². The van der Waals surface area contributed by atoms with Gasteiger partial charge >= 0.3 is 5.97 Å². The summed E-state index contributed by atoms with van der Waals surface area (Å²) < 4.78 is 32.9. The Morgan fingerprint density at radius 1 is 1.03 bits per heavy atom. The van der Waals surface area contributed by atoms with Crippen LogP contribution in [0.5, 0.6) is 5.75 Å². The Bertz CT molecular complexity index is 1010. The van der Waals surface area contributed by atoms with Crippen LogP contribution >= 0.6 is 0 Å². The highest BCUT2D eigenvalue weighted by Gasteiger charge is 2.30.